The molecule has 0 amide bonds. The smallest absolute Gasteiger partial charge is 0.151 e. The lowest BCUT2D eigenvalue weighted by Gasteiger charge is -2.26. The highest BCUT2D eigenvalue weighted by Gasteiger charge is 2.26. The summed E-state index contributed by atoms with van der Waals surface area (Å²) in [6, 6.07) is 14.8. The second-order valence-electron chi connectivity index (χ2n) is 5.84. The zero-order valence-corrected chi connectivity index (χ0v) is 12.9. The molecule has 22 heavy (non-hydrogen) atoms. The third-order valence-electron chi connectivity index (χ3n) is 4.31. The largest absolute Gasteiger partial charge is 0.355 e. The Morgan fingerprint density at radius 3 is 2.77 bits per heavy atom. The van der Waals surface area contributed by atoms with Crippen LogP contribution in [0.25, 0.3) is 0 Å². The molecule has 0 aliphatic carbocycles. The van der Waals surface area contributed by atoms with Crippen molar-refractivity contribution in [3.05, 3.63) is 59.8 Å². The Bertz CT molecular complexity index is 612. The Kier molecular flexibility index (Phi) is 4.49. The third kappa shape index (κ3) is 3.34. The Morgan fingerprint density at radius 1 is 1.27 bits per heavy atom. The lowest BCUT2D eigenvalue weighted by molar-refractivity contribution is 0.112. The van der Waals surface area contributed by atoms with E-state index in [0.29, 0.717) is 11.6 Å². The van der Waals surface area contributed by atoms with Crippen molar-refractivity contribution in [1.29, 1.82) is 0 Å². The normalized spacial score (nSPS) is 18.3. The van der Waals surface area contributed by atoms with Crippen molar-refractivity contribution in [2.75, 3.05) is 25.0 Å². The summed E-state index contributed by atoms with van der Waals surface area (Å²) in [5.41, 5.74) is 1.98. The summed E-state index contributed by atoms with van der Waals surface area (Å²) in [7, 11) is 2.08. The number of carbonyl (C=O) groups excluding carboxylic acids is 1. The van der Waals surface area contributed by atoms with E-state index in [1.54, 1.807) is 6.20 Å². The number of benzene rings is 1. The SMILES string of the molecule is CN(c1ccc(C=O)cn1)C1CCN(Cc2ccccc2)C1. The van der Waals surface area contributed by atoms with Crippen LogP contribution >= 0.6 is 0 Å². The fraction of sp³-hybridized carbons (Fsp3) is 0.333. The molecule has 1 aromatic heterocycles. The fourth-order valence-corrected chi connectivity index (χ4v) is 2.98. The van der Waals surface area contributed by atoms with Gasteiger partial charge in [-0.3, -0.25) is 9.69 Å². The van der Waals surface area contributed by atoms with Gasteiger partial charge in [-0.05, 0) is 24.1 Å². The quantitative estimate of drug-likeness (QED) is 0.795. The standard InChI is InChI=1S/C18H21N3O/c1-20(18-8-7-16(14-22)11-19-18)17-9-10-21(13-17)12-15-5-3-2-4-6-15/h2-8,11,14,17H,9-10,12-13H2,1H3. The second-order valence-corrected chi connectivity index (χ2v) is 5.84. The van der Waals surface area contributed by atoms with Crippen molar-refractivity contribution in [2.24, 2.45) is 0 Å². The monoisotopic (exact) mass is 295 g/mol. The maximum atomic E-state index is 10.7. The van der Waals surface area contributed by atoms with Gasteiger partial charge in [-0.1, -0.05) is 30.3 Å². The Balaban J connectivity index is 1.60. The van der Waals surface area contributed by atoms with Crippen LogP contribution in [0.4, 0.5) is 5.82 Å². The molecule has 3 rings (SSSR count). The molecular weight excluding hydrogens is 274 g/mol. The summed E-state index contributed by atoms with van der Waals surface area (Å²) in [5, 5.41) is 0. The van der Waals surface area contributed by atoms with Crippen LogP contribution in [-0.4, -0.2) is 42.3 Å². The van der Waals surface area contributed by atoms with Crippen LogP contribution in [0.5, 0.6) is 0 Å². The van der Waals surface area contributed by atoms with E-state index in [2.05, 4.69) is 52.2 Å². The minimum absolute atomic E-state index is 0.471. The molecule has 1 unspecified atom stereocenters. The lowest BCUT2D eigenvalue weighted by Crippen LogP contribution is -2.34. The first kappa shape index (κ1) is 14.7. The highest BCUT2D eigenvalue weighted by atomic mass is 16.1. The molecule has 1 atom stereocenters. The van der Waals surface area contributed by atoms with Gasteiger partial charge >= 0.3 is 0 Å². The van der Waals surface area contributed by atoms with Gasteiger partial charge < -0.3 is 4.90 Å². The molecule has 0 spiro atoms. The van der Waals surface area contributed by atoms with Crippen LogP contribution in [-0.2, 0) is 6.54 Å². The number of pyridine rings is 1. The van der Waals surface area contributed by atoms with Gasteiger partial charge in [0.15, 0.2) is 6.29 Å². The first-order valence-electron chi connectivity index (χ1n) is 7.66. The van der Waals surface area contributed by atoms with Crippen molar-refractivity contribution in [1.82, 2.24) is 9.88 Å². The molecule has 1 fully saturated rings. The van der Waals surface area contributed by atoms with Crippen LogP contribution < -0.4 is 4.90 Å². The predicted octanol–water partition coefficient (Wildman–Crippen LogP) is 2.60. The topological polar surface area (TPSA) is 36.4 Å². The minimum Gasteiger partial charge on any atom is -0.355 e. The van der Waals surface area contributed by atoms with E-state index in [1.807, 2.05) is 12.1 Å². The van der Waals surface area contributed by atoms with Crippen molar-refractivity contribution in [3.63, 3.8) is 0 Å². The number of rotatable bonds is 5. The van der Waals surface area contributed by atoms with Crippen molar-refractivity contribution in [3.8, 4) is 0 Å². The molecule has 2 aromatic rings. The van der Waals surface area contributed by atoms with E-state index in [-0.39, 0.29) is 0 Å². The van der Waals surface area contributed by atoms with Gasteiger partial charge in [0.2, 0.25) is 0 Å². The molecule has 2 heterocycles. The van der Waals surface area contributed by atoms with Crippen molar-refractivity contribution < 1.29 is 4.79 Å². The van der Waals surface area contributed by atoms with Gasteiger partial charge in [0.05, 0.1) is 0 Å². The molecule has 0 N–H and O–H groups in total. The Morgan fingerprint density at radius 2 is 2.09 bits per heavy atom. The number of nitrogens with zero attached hydrogens (tertiary/aromatic N) is 3. The molecule has 1 aliphatic heterocycles. The molecule has 1 aromatic carbocycles. The van der Waals surface area contributed by atoms with Crippen LogP contribution in [0.2, 0.25) is 0 Å². The molecule has 4 nitrogen and oxygen atoms in total. The van der Waals surface area contributed by atoms with Gasteiger partial charge in [0, 0.05) is 44.5 Å². The van der Waals surface area contributed by atoms with Gasteiger partial charge in [-0.2, -0.15) is 0 Å². The average molecular weight is 295 g/mol. The second kappa shape index (κ2) is 6.71. The number of likely N-dealkylation sites (N-methyl/N-ethyl adjacent to an activating group) is 1. The average Bonchev–Trinajstić information content (AvgIpc) is 3.04. The molecule has 0 bridgehead atoms. The number of aromatic nitrogens is 1. The highest BCUT2D eigenvalue weighted by Crippen LogP contribution is 2.21. The van der Waals surface area contributed by atoms with E-state index in [4.69, 9.17) is 0 Å². The van der Waals surface area contributed by atoms with Gasteiger partial charge in [-0.25, -0.2) is 4.98 Å². The number of anilines is 1. The molecule has 0 saturated carbocycles. The van der Waals surface area contributed by atoms with Crippen molar-refractivity contribution >= 4 is 12.1 Å². The summed E-state index contributed by atoms with van der Waals surface area (Å²) < 4.78 is 0. The molecule has 1 saturated heterocycles. The van der Waals surface area contributed by atoms with Crippen LogP contribution in [0.1, 0.15) is 22.3 Å². The third-order valence-corrected chi connectivity index (χ3v) is 4.31. The number of aldehydes is 1. The molecular formula is C18H21N3O. The Hall–Kier alpha value is -2.20. The maximum Gasteiger partial charge on any atom is 0.151 e. The van der Waals surface area contributed by atoms with Crippen LogP contribution in [0.3, 0.4) is 0 Å². The predicted molar refractivity (Wildman–Crippen MR) is 88.2 cm³/mol. The van der Waals surface area contributed by atoms with Crippen LogP contribution in [0, 0.1) is 0 Å². The summed E-state index contributed by atoms with van der Waals surface area (Å²) in [4.78, 5) is 19.8. The summed E-state index contributed by atoms with van der Waals surface area (Å²) in [6.45, 7) is 3.15. The zero-order valence-electron chi connectivity index (χ0n) is 12.9. The number of carbonyl (C=O) groups is 1. The minimum atomic E-state index is 0.471. The lowest BCUT2D eigenvalue weighted by atomic mass is 10.2. The fourth-order valence-electron chi connectivity index (χ4n) is 2.98. The van der Waals surface area contributed by atoms with Gasteiger partial charge in [0.25, 0.3) is 0 Å². The summed E-state index contributed by atoms with van der Waals surface area (Å²) in [5.74, 6) is 0.928. The number of hydrogen-bond donors (Lipinski definition) is 0. The number of hydrogen-bond acceptors (Lipinski definition) is 4. The number of likely N-dealkylation sites (tertiary alicyclic amines) is 1. The van der Waals surface area contributed by atoms with E-state index in [0.717, 1.165) is 38.2 Å². The van der Waals surface area contributed by atoms with E-state index in [9.17, 15) is 4.79 Å². The van der Waals surface area contributed by atoms with E-state index >= 15 is 0 Å². The maximum absolute atomic E-state index is 10.7. The first-order valence-corrected chi connectivity index (χ1v) is 7.66. The van der Waals surface area contributed by atoms with E-state index in [1.165, 1.54) is 5.56 Å². The van der Waals surface area contributed by atoms with Crippen molar-refractivity contribution in [2.45, 2.75) is 19.0 Å². The molecule has 1 aliphatic rings. The Labute approximate surface area is 131 Å². The molecule has 114 valence electrons. The van der Waals surface area contributed by atoms with Crippen LogP contribution in [0.15, 0.2) is 48.7 Å². The van der Waals surface area contributed by atoms with Gasteiger partial charge in [-0.15, -0.1) is 0 Å². The van der Waals surface area contributed by atoms with Gasteiger partial charge in [0.1, 0.15) is 5.82 Å². The summed E-state index contributed by atoms with van der Waals surface area (Å²) >= 11 is 0. The molecule has 4 heteroatoms. The zero-order chi connectivity index (χ0) is 15.4. The summed E-state index contributed by atoms with van der Waals surface area (Å²) in [6.07, 6.45) is 3.60. The molecule has 0 radical (unpaired) electrons. The highest BCUT2D eigenvalue weighted by molar-refractivity contribution is 5.74. The first-order chi connectivity index (χ1) is 10.8. The van der Waals surface area contributed by atoms with E-state index < -0.39 is 0 Å².